The number of hydrogen-bond donors (Lipinski definition) is 3. The zero-order valence-corrected chi connectivity index (χ0v) is 13.2. The minimum absolute atomic E-state index is 0.0906. The maximum absolute atomic E-state index is 12.1. The number of nitrogens with zero attached hydrogens (tertiary/aromatic N) is 1. The molecule has 7 heteroatoms. The van der Waals surface area contributed by atoms with Gasteiger partial charge in [0.25, 0.3) is 5.91 Å². The molecule has 23 heavy (non-hydrogen) atoms. The van der Waals surface area contributed by atoms with E-state index in [0.717, 1.165) is 6.42 Å². The third-order valence-corrected chi connectivity index (χ3v) is 3.50. The topological polar surface area (TPSA) is 90.5 Å². The predicted octanol–water partition coefficient (Wildman–Crippen LogP) is 0.197. The molecular formula is C16H22N4O3. The molecule has 1 aromatic rings. The SMILES string of the molecule is CCCNC(=O)c1cccc(NCC(=O)N2CCNC(=O)C2)c1. The number of piperazine rings is 1. The molecule has 0 atom stereocenters. The van der Waals surface area contributed by atoms with Gasteiger partial charge in [-0.3, -0.25) is 14.4 Å². The van der Waals surface area contributed by atoms with E-state index < -0.39 is 0 Å². The highest BCUT2D eigenvalue weighted by molar-refractivity contribution is 5.95. The number of nitrogens with one attached hydrogen (secondary N) is 3. The first-order valence-corrected chi connectivity index (χ1v) is 7.76. The zero-order chi connectivity index (χ0) is 16.7. The minimum atomic E-state index is -0.140. The second-order valence-corrected chi connectivity index (χ2v) is 5.36. The molecule has 0 bridgehead atoms. The fraction of sp³-hybridized carbons (Fsp3) is 0.438. The highest BCUT2D eigenvalue weighted by atomic mass is 16.2. The van der Waals surface area contributed by atoms with Gasteiger partial charge in [-0.1, -0.05) is 13.0 Å². The summed E-state index contributed by atoms with van der Waals surface area (Å²) in [5, 5.41) is 8.50. The number of rotatable bonds is 6. The van der Waals surface area contributed by atoms with Crippen LogP contribution in [0.4, 0.5) is 5.69 Å². The van der Waals surface area contributed by atoms with Crippen LogP contribution >= 0.6 is 0 Å². The van der Waals surface area contributed by atoms with Crippen LogP contribution < -0.4 is 16.0 Å². The Morgan fingerprint density at radius 1 is 1.35 bits per heavy atom. The molecule has 3 N–H and O–H groups in total. The van der Waals surface area contributed by atoms with Gasteiger partial charge in [0.1, 0.15) is 0 Å². The molecule has 0 aromatic heterocycles. The van der Waals surface area contributed by atoms with Gasteiger partial charge in [-0.15, -0.1) is 0 Å². The Balaban J connectivity index is 1.89. The van der Waals surface area contributed by atoms with E-state index in [2.05, 4.69) is 16.0 Å². The zero-order valence-electron chi connectivity index (χ0n) is 13.2. The number of amides is 3. The van der Waals surface area contributed by atoms with Gasteiger partial charge in [-0.05, 0) is 24.6 Å². The van der Waals surface area contributed by atoms with Crippen LogP contribution in [0.5, 0.6) is 0 Å². The van der Waals surface area contributed by atoms with E-state index in [1.807, 2.05) is 6.92 Å². The Labute approximate surface area is 135 Å². The van der Waals surface area contributed by atoms with Crippen molar-refractivity contribution in [1.82, 2.24) is 15.5 Å². The molecule has 2 rings (SSSR count). The summed E-state index contributed by atoms with van der Waals surface area (Å²) in [5.74, 6) is -0.408. The summed E-state index contributed by atoms with van der Waals surface area (Å²) in [6, 6.07) is 7.00. The Morgan fingerprint density at radius 3 is 2.91 bits per heavy atom. The fourth-order valence-electron chi connectivity index (χ4n) is 2.25. The van der Waals surface area contributed by atoms with Crippen LogP contribution in [0.1, 0.15) is 23.7 Å². The van der Waals surface area contributed by atoms with E-state index in [0.29, 0.717) is 30.9 Å². The molecule has 1 aromatic carbocycles. The van der Waals surface area contributed by atoms with E-state index in [9.17, 15) is 14.4 Å². The molecule has 0 spiro atoms. The van der Waals surface area contributed by atoms with Crippen LogP contribution in [-0.2, 0) is 9.59 Å². The van der Waals surface area contributed by atoms with E-state index in [4.69, 9.17) is 0 Å². The van der Waals surface area contributed by atoms with E-state index in [1.165, 1.54) is 4.90 Å². The van der Waals surface area contributed by atoms with Gasteiger partial charge in [-0.2, -0.15) is 0 Å². The average molecular weight is 318 g/mol. The molecule has 1 heterocycles. The van der Waals surface area contributed by atoms with Crippen molar-refractivity contribution in [2.45, 2.75) is 13.3 Å². The molecule has 124 valence electrons. The van der Waals surface area contributed by atoms with Gasteiger partial charge in [0.2, 0.25) is 11.8 Å². The number of benzene rings is 1. The Hall–Kier alpha value is -2.57. The molecule has 0 unspecified atom stereocenters. The molecule has 1 fully saturated rings. The lowest BCUT2D eigenvalue weighted by molar-refractivity contribution is -0.136. The smallest absolute Gasteiger partial charge is 0.251 e. The second-order valence-electron chi connectivity index (χ2n) is 5.36. The molecule has 1 saturated heterocycles. The first-order chi connectivity index (χ1) is 11.1. The first-order valence-electron chi connectivity index (χ1n) is 7.76. The van der Waals surface area contributed by atoms with E-state index in [-0.39, 0.29) is 30.8 Å². The Kier molecular flexibility index (Phi) is 5.96. The summed E-state index contributed by atoms with van der Waals surface area (Å²) < 4.78 is 0. The fourth-order valence-corrected chi connectivity index (χ4v) is 2.25. The van der Waals surface area contributed by atoms with Crippen molar-refractivity contribution in [3.63, 3.8) is 0 Å². The number of carbonyl (C=O) groups excluding carboxylic acids is 3. The van der Waals surface area contributed by atoms with Crippen LogP contribution in [0.25, 0.3) is 0 Å². The van der Waals surface area contributed by atoms with Crippen molar-refractivity contribution in [3.8, 4) is 0 Å². The van der Waals surface area contributed by atoms with Crippen molar-refractivity contribution >= 4 is 23.4 Å². The minimum Gasteiger partial charge on any atom is -0.376 e. The molecule has 0 aliphatic carbocycles. The summed E-state index contributed by atoms with van der Waals surface area (Å²) in [6.45, 7) is 3.81. The number of hydrogen-bond acceptors (Lipinski definition) is 4. The Bertz CT molecular complexity index is 588. The predicted molar refractivity (Wildman–Crippen MR) is 87.1 cm³/mol. The number of anilines is 1. The third-order valence-electron chi connectivity index (χ3n) is 3.50. The van der Waals surface area contributed by atoms with Gasteiger partial charge in [0.15, 0.2) is 0 Å². The van der Waals surface area contributed by atoms with E-state index in [1.54, 1.807) is 24.3 Å². The lowest BCUT2D eigenvalue weighted by Crippen LogP contribution is -2.51. The average Bonchev–Trinajstić information content (AvgIpc) is 2.57. The molecule has 3 amide bonds. The summed E-state index contributed by atoms with van der Waals surface area (Å²) >= 11 is 0. The quantitative estimate of drug-likeness (QED) is 0.699. The van der Waals surface area contributed by atoms with Gasteiger partial charge < -0.3 is 20.9 Å². The molecule has 7 nitrogen and oxygen atoms in total. The van der Waals surface area contributed by atoms with Crippen molar-refractivity contribution in [2.24, 2.45) is 0 Å². The van der Waals surface area contributed by atoms with Crippen LogP contribution in [-0.4, -0.2) is 55.3 Å². The lowest BCUT2D eigenvalue weighted by Gasteiger charge is -2.26. The van der Waals surface area contributed by atoms with Crippen LogP contribution in [0, 0.1) is 0 Å². The molecule has 0 saturated carbocycles. The van der Waals surface area contributed by atoms with Crippen molar-refractivity contribution in [3.05, 3.63) is 29.8 Å². The second kappa shape index (κ2) is 8.17. The molecular weight excluding hydrogens is 296 g/mol. The van der Waals surface area contributed by atoms with Gasteiger partial charge in [-0.25, -0.2) is 0 Å². The van der Waals surface area contributed by atoms with Crippen LogP contribution in [0.3, 0.4) is 0 Å². The first kappa shape index (κ1) is 16.8. The summed E-state index contributed by atoms with van der Waals surface area (Å²) in [7, 11) is 0. The highest BCUT2D eigenvalue weighted by Gasteiger charge is 2.20. The van der Waals surface area contributed by atoms with Gasteiger partial charge >= 0.3 is 0 Å². The monoisotopic (exact) mass is 318 g/mol. The molecule has 0 radical (unpaired) electrons. The van der Waals surface area contributed by atoms with Crippen LogP contribution in [0.15, 0.2) is 24.3 Å². The summed E-state index contributed by atoms with van der Waals surface area (Å²) in [5.41, 5.74) is 1.25. The Morgan fingerprint density at radius 2 is 2.17 bits per heavy atom. The largest absolute Gasteiger partial charge is 0.376 e. The van der Waals surface area contributed by atoms with Crippen molar-refractivity contribution < 1.29 is 14.4 Å². The lowest BCUT2D eigenvalue weighted by atomic mass is 10.2. The van der Waals surface area contributed by atoms with E-state index >= 15 is 0 Å². The molecule has 1 aliphatic rings. The van der Waals surface area contributed by atoms with Crippen molar-refractivity contribution in [2.75, 3.05) is 38.0 Å². The summed E-state index contributed by atoms with van der Waals surface area (Å²) in [4.78, 5) is 36.8. The normalized spacial score (nSPS) is 14.1. The highest BCUT2D eigenvalue weighted by Crippen LogP contribution is 2.10. The van der Waals surface area contributed by atoms with Gasteiger partial charge in [0.05, 0.1) is 13.1 Å². The van der Waals surface area contributed by atoms with Gasteiger partial charge in [0, 0.05) is 30.9 Å². The van der Waals surface area contributed by atoms with Crippen molar-refractivity contribution in [1.29, 1.82) is 0 Å². The standard InChI is InChI=1S/C16H22N4O3/c1-2-6-18-16(23)12-4-3-5-13(9-12)19-10-15(22)20-8-7-17-14(21)11-20/h3-5,9,19H,2,6-8,10-11H2,1H3,(H,17,21)(H,18,23). The third kappa shape index (κ3) is 4.98. The maximum atomic E-state index is 12.1. The number of carbonyl (C=O) groups is 3. The maximum Gasteiger partial charge on any atom is 0.251 e. The van der Waals surface area contributed by atoms with Crippen LogP contribution in [0.2, 0.25) is 0 Å². The molecule has 1 aliphatic heterocycles. The summed E-state index contributed by atoms with van der Waals surface area (Å²) in [6.07, 6.45) is 0.877.